The van der Waals surface area contributed by atoms with E-state index in [1.54, 1.807) is 0 Å². The highest BCUT2D eigenvalue weighted by Crippen LogP contribution is 2.21. The van der Waals surface area contributed by atoms with Gasteiger partial charge in [-0.15, -0.1) is 0 Å². The minimum Gasteiger partial charge on any atom is -0.0654 e. The Balaban J connectivity index is 3.40. The molecule has 0 aromatic rings. The predicted molar refractivity (Wildman–Crippen MR) is 61.9 cm³/mol. The van der Waals surface area contributed by atoms with E-state index in [2.05, 4.69) is 34.6 Å². The summed E-state index contributed by atoms with van der Waals surface area (Å²) in [5, 5.41) is 0. The van der Waals surface area contributed by atoms with Crippen LogP contribution in [0, 0.1) is 17.8 Å². The summed E-state index contributed by atoms with van der Waals surface area (Å²) >= 11 is 0. The van der Waals surface area contributed by atoms with Crippen molar-refractivity contribution >= 4 is 0 Å². The molecule has 0 radical (unpaired) electrons. The number of hydrogen-bond acceptors (Lipinski definition) is 0. The van der Waals surface area contributed by atoms with E-state index < -0.39 is 0 Å². The van der Waals surface area contributed by atoms with E-state index in [0.29, 0.717) is 0 Å². The van der Waals surface area contributed by atoms with Crippen molar-refractivity contribution in [3.05, 3.63) is 0 Å². The highest BCUT2D eigenvalue weighted by molar-refractivity contribution is 4.60. The third-order valence-electron chi connectivity index (χ3n) is 3.30. The largest absolute Gasteiger partial charge is 0.0654 e. The topological polar surface area (TPSA) is 0 Å². The maximum atomic E-state index is 2.41. The lowest BCUT2D eigenvalue weighted by atomic mass is 9.88. The van der Waals surface area contributed by atoms with Crippen LogP contribution in [-0.2, 0) is 0 Å². The van der Waals surface area contributed by atoms with Crippen molar-refractivity contribution in [2.75, 3.05) is 0 Å². The van der Waals surface area contributed by atoms with E-state index in [1.807, 2.05) is 0 Å². The first-order valence-corrected chi connectivity index (χ1v) is 6.07. The van der Waals surface area contributed by atoms with Crippen LogP contribution in [0.1, 0.15) is 66.7 Å². The van der Waals surface area contributed by atoms with Gasteiger partial charge in [-0.2, -0.15) is 0 Å². The monoisotopic (exact) mass is 184 g/mol. The lowest BCUT2D eigenvalue weighted by Gasteiger charge is -2.18. The molecular formula is C13H28. The summed E-state index contributed by atoms with van der Waals surface area (Å²) in [5.41, 5.74) is 0. The van der Waals surface area contributed by atoms with Crippen LogP contribution in [0.25, 0.3) is 0 Å². The quantitative estimate of drug-likeness (QED) is 0.528. The summed E-state index contributed by atoms with van der Waals surface area (Å²) in [7, 11) is 0. The fraction of sp³-hybridized carbons (Fsp3) is 1.00. The summed E-state index contributed by atoms with van der Waals surface area (Å²) in [5.74, 6) is 2.71. The molecule has 0 bridgehead atoms. The Morgan fingerprint density at radius 3 is 1.92 bits per heavy atom. The van der Waals surface area contributed by atoms with E-state index in [4.69, 9.17) is 0 Å². The van der Waals surface area contributed by atoms with E-state index >= 15 is 0 Å². The van der Waals surface area contributed by atoms with Crippen LogP contribution >= 0.6 is 0 Å². The van der Waals surface area contributed by atoms with Crippen LogP contribution in [0.4, 0.5) is 0 Å². The first-order chi connectivity index (χ1) is 6.07. The molecule has 0 saturated carbocycles. The van der Waals surface area contributed by atoms with Gasteiger partial charge in [0.25, 0.3) is 0 Å². The van der Waals surface area contributed by atoms with Crippen molar-refractivity contribution in [3.8, 4) is 0 Å². The Morgan fingerprint density at radius 2 is 1.46 bits per heavy atom. The van der Waals surface area contributed by atoms with Gasteiger partial charge in [0.15, 0.2) is 0 Å². The van der Waals surface area contributed by atoms with Gasteiger partial charge in [0.1, 0.15) is 0 Å². The second-order valence-corrected chi connectivity index (χ2v) is 5.05. The van der Waals surface area contributed by atoms with Gasteiger partial charge in [0, 0.05) is 0 Å². The summed E-state index contributed by atoms with van der Waals surface area (Å²) in [6, 6.07) is 0. The molecule has 0 aliphatic rings. The molecule has 0 aromatic carbocycles. The van der Waals surface area contributed by atoms with Crippen molar-refractivity contribution in [1.82, 2.24) is 0 Å². The zero-order valence-electron chi connectivity index (χ0n) is 10.3. The molecule has 0 heteroatoms. The average molecular weight is 184 g/mol. The van der Waals surface area contributed by atoms with Gasteiger partial charge in [-0.05, 0) is 17.8 Å². The van der Waals surface area contributed by atoms with Crippen LogP contribution in [0.5, 0.6) is 0 Å². The van der Waals surface area contributed by atoms with Gasteiger partial charge in [-0.25, -0.2) is 0 Å². The summed E-state index contributed by atoms with van der Waals surface area (Å²) in [6.07, 6.45) is 7.05. The van der Waals surface area contributed by atoms with E-state index in [9.17, 15) is 0 Å². The zero-order chi connectivity index (χ0) is 10.3. The Hall–Kier alpha value is 0. The van der Waals surface area contributed by atoms with Crippen LogP contribution in [0.3, 0.4) is 0 Å². The van der Waals surface area contributed by atoms with Crippen LogP contribution in [0.2, 0.25) is 0 Å². The molecule has 0 N–H and O–H groups in total. The van der Waals surface area contributed by atoms with E-state index in [0.717, 1.165) is 17.8 Å². The Bertz CT molecular complexity index is 105. The number of unbranched alkanes of at least 4 members (excludes halogenated alkanes) is 1. The van der Waals surface area contributed by atoms with E-state index in [1.165, 1.54) is 32.1 Å². The number of hydrogen-bond donors (Lipinski definition) is 0. The smallest absolute Gasteiger partial charge is 0.0420 e. The molecule has 0 amide bonds. The van der Waals surface area contributed by atoms with Crippen molar-refractivity contribution in [2.24, 2.45) is 17.8 Å². The fourth-order valence-electron chi connectivity index (χ4n) is 1.58. The molecular weight excluding hydrogens is 156 g/mol. The van der Waals surface area contributed by atoms with Crippen molar-refractivity contribution in [2.45, 2.75) is 66.7 Å². The molecule has 0 rings (SSSR count). The molecule has 2 unspecified atom stereocenters. The predicted octanol–water partition coefficient (Wildman–Crippen LogP) is 4.89. The fourth-order valence-corrected chi connectivity index (χ4v) is 1.58. The maximum absolute atomic E-state index is 2.41. The Kier molecular flexibility index (Phi) is 7.41. The summed E-state index contributed by atoms with van der Waals surface area (Å²) in [4.78, 5) is 0. The lowest BCUT2D eigenvalue weighted by molar-refractivity contribution is 0.340. The van der Waals surface area contributed by atoms with Gasteiger partial charge in [0.2, 0.25) is 0 Å². The molecule has 0 nitrogen and oxygen atoms in total. The van der Waals surface area contributed by atoms with Crippen LogP contribution in [-0.4, -0.2) is 0 Å². The highest BCUT2D eigenvalue weighted by Gasteiger charge is 2.09. The normalized spacial score (nSPS) is 16.2. The SMILES string of the molecule is CCCCC(C)CCC(C)C(C)C. The first kappa shape index (κ1) is 13.0. The second kappa shape index (κ2) is 7.41. The lowest BCUT2D eigenvalue weighted by Crippen LogP contribution is -2.06. The Labute approximate surface area is 85.1 Å². The minimum absolute atomic E-state index is 0.860. The van der Waals surface area contributed by atoms with Crippen LogP contribution < -0.4 is 0 Å². The standard InChI is InChI=1S/C13H28/c1-6-7-8-12(4)9-10-13(5)11(2)3/h11-13H,6-10H2,1-5H3. The van der Waals surface area contributed by atoms with Gasteiger partial charge < -0.3 is 0 Å². The number of rotatable bonds is 7. The van der Waals surface area contributed by atoms with Crippen LogP contribution in [0.15, 0.2) is 0 Å². The zero-order valence-corrected chi connectivity index (χ0v) is 10.3. The van der Waals surface area contributed by atoms with Crippen molar-refractivity contribution in [3.63, 3.8) is 0 Å². The maximum Gasteiger partial charge on any atom is -0.0420 e. The molecule has 0 spiro atoms. The minimum atomic E-state index is 0.860. The molecule has 2 atom stereocenters. The van der Waals surface area contributed by atoms with Crippen molar-refractivity contribution in [1.29, 1.82) is 0 Å². The third-order valence-corrected chi connectivity index (χ3v) is 3.30. The summed E-state index contributed by atoms with van der Waals surface area (Å²) < 4.78 is 0. The average Bonchev–Trinajstić information content (AvgIpc) is 2.10. The van der Waals surface area contributed by atoms with E-state index in [-0.39, 0.29) is 0 Å². The van der Waals surface area contributed by atoms with Gasteiger partial charge in [-0.3, -0.25) is 0 Å². The molecule has 13 heavy (non-hydrogen) atoms. The molecule has 0 fully saturated rings. The first-order valence-electron chi connectivity index (χ1n) is 6.07. The third kappa shape index (κ3) is 7.10. The Morgan fingerprint density at radius 1 is 0.846 bits per heavy atom. The van der Waals surface area contributed by atoms with Crippen molar-refractivity contribution < 1.29 is 0 Å². The molecule has 0 heterocycles. The van der Waals surface area contributed by atoms with Gasteiger partial charge in [-0.1, -0.05) is 66.7 Å². The second-order valence-electron chi connectivity index (χ2n) is 5.05. The molecule has 0 aromatic heterocycles. The molecule has 0 saturated heterocycles. The molecule has 80 valence electrons. The highest BCUT2D eigenvalue weighted by atomic mass is 14.1. The van der Waals surface area contributed by atoms with Gasteiger partial charge in [0.05, 0.1) is 0 Å². The molecule has 0 aliphatic heterocycles. The summed E-state index contributed by atoms with van der Waals surface area (Å²) in [6.45, 7) is 11.7. The van der Waals surface area contributed by atoms with Gasteiger partial charge >= 0.3 is 0 Å². The molecule has 0 aliphatic carbocycles.